The molecule has 1 unspecified atom stereocenters. The standard InChI is InChI=1S/C15H19N3O2/c16-17-12-4-5-14-11(9-12)6-7-18(15(14)19)10-13-3-1-2-8-20-13/h4-7,9,13,17H,1-3,8,10,16H2. The number of benzene rings is 1. The molecule has 0 aliphatic carbocycles. The molecular formula is C15H19N3O2. The summed E-state index contributed by atoms with van der Waals surface area (Å²) in [5, 5.41) is 1.61. The normalized spacial score (nSPS) is 19.1. The average Bonchev–Trinajstić information content (AvgIpc) is 2.51. The maximum Gasteiger partial charge on any atom is 0.258 e. The molecule has 0 saturated carbocycles. The number of nitrogens with two attached hydrogens (primary N) is 1. The second-order valence-electron chi connectivity index (χ2n) is 5.21. The van der Waals surface area contributed by atoms with Gasteiger partial charge in [-0.3, -0.25) is 10.6 Å². The summed E-state index contributed by atoms with van der Waals surface area (Å²) in [4.78, 5) is 12.5. The topological polar surface area (TPSA) is 69.3 Å². The van der Waals surface area contributed by atoms with Gasteiger partial charge >= 0.3 is 0 Å². The summed E-state index contributed by atoms with van der Waals surface area (Å²) in [7, 11) is 0. The largest absolute Gasteiger partial charge is 0.376 e. The van der Waals surface area contributed by atoms with Crippen molar-refractivity contribution in [3.05, 3.63) is 40.8 Å². The minimum absolute atomic E-state index is 0.0280. The Morgan fingerprint density at radius 2 is 2.25 bits per heavy atom. The molecule has 1 fully saturated rings. The number of hydrogen-bond acceptors (Lipinski definition) is 4. The first kappa shape index (κ1) is 13.1. The quantitative estimate of drug-likeness (QED) is 0.661. The van der Waals surface area contributed by atoms with Crippen molar-refractivity contribution in [2.45, 2.75) is 31.9 Å². The van der Waals surface area contributed by atoms with Crippen molar-refractivity contribution >= 4 is 16.5 Å². The number of fused-ring (bicyclic) bond motifs is 1. The summed E-state index contributed by atoms with van der Waals surface area (Å²) in [6.45, 7) is 1.43. The summed E-state index contributed by atoms with van der Waals surface area (Å²) in [6, 6.07) is 7.44. The van der Waals surface area contributed by atoms with Crippen molar-refractivity contribution in [2.24, 2.45) is 5.84 Å². The Labute approximate surface area is 117 Å². The summed E-state index contributed by atoms with van der Waals surface area (Å²) in [6.07, 6.45) is 5.32. The molecule has 1 saturated heterocycles. The number of anilines is 1. The summed E-state index contributed by atoms with van der Waals surface area (Å²) >= 11 is 0. The second-order valence-corrected chi connectivity index (χ2v) is 5.21. The highest BCUT2D eigenvalue weighted by atomic mass is 16.5. The van der Waals surface area contributed by atoms with E-state index in [2.05, 4.69) is 5.43 Å². The van der Waals surface area contributed by atoms with Gasteiger partial charge in [-0.15, -0.1) is 0 Å². The van der Waals surface area contributed by atoms with Gasteiger partial charge in [-0.1, -0.05) is 0 Å². The van der Waals surface area contributed by atoms with Gasteiger partial charge in [0, 0.05) is 23.9 Å². The molecule has 2 heterocycles. The van der Waals surface area contributed by atoms with Crippen LogP contribution in [0.4, 0.5) is 5.69 Å². The molecule has 106 valence electrons. The SMILES string of the molecule is NNc1ccc2c(=O)n(CC3CCCCO3)ccc2c1. The van der Waals surface area contributed by atoms with Gasteiger partial charge in [-0.2, -0.15) is 0 Å². The Morgan fingerprint density at radius 1 is 1.35 bits per heavy atom. The van der Waals surface area contributed by atoms with Crippen LogP contribution in [-0.2, 0) is 11.3 Å². The molecule has 1 aromatic carbocycles. The molecule has 3 rings (SSSR count). The summed E-state index contributed by atoms with van der Waals surface area (Å²) in [5.74, 6) is 5.38. The van der Waals surface area contributed by atoms with Gasteiger partial charge in [0.25, 0.3) is 5.56 Å². The third-order valence-electron chi connectivity index (χ3n) is 3.82. The molecule has 1 aliphatic rings. The zero-order valence-electron chi connectivity index (χ0n) is 11.3. The van der Waals surface area contributed by atoms with E-state index >= 15 is 0 Å². The van der Waals surface area contributed by atoms with Gasteiger partial charge in [0.2, 0.25) is 0 Å². The van der Waals surface area contributed by atoms with Gasteiger partial charge in [0.05, 0.1) is 12.6 Å². The van der Waals surface area contributed by atoms with E-state index in [0.717, 1.165) is 30.5 Å². The Kier molecular flexibility index (Phi) is 3.71. The zero-order valence-corrected chi connectivity index (χ0v) is 11.3. The van der Waals surface area contributed by atoms with Crippen LogP contribution >= 0.6 is 0 Å². The lowest BCUT2D eigenvalue weighted by atomic mass is 10.1. The van der Waals surface area contributed by atoms with Gasteiger partial charge in [0.15, 0.2) is 0 Å². The highest BCUT2D eigenvalue weighted by Crippen LogP contribution is 2.17. The lowest BCUT2D eigenvalue weighted by Crippen LogP contribution is -2.30. The molecule has 20 heavy (non-hydrogen) atoms. The van der Waals surface area contributed by atoms with Crippen molar-refractivity contribution in [2.75, 3.05) is 12.0 Å². The predicted octanol–water partition coefficient (Wildman–Crippen LogP) is 1.86. The number of nitrogen functional groups attached to an aromatic ring is 1. The van der Waals surface area contributed by atoms with Crippen molar-refractivity contribution in [3.63, 3.8) is 0 Å². The molecule has 1 aromatic heterocycles. The minimum Gasteiger partial charge on any atom is -0.376 e. The Bertz CT molecular complexity index is 660. The smallest absolute Gasteiger partial charge is 0.258 e. The molecule has 1 aliphatic heterocycles. The number of nitrogens with zero attached hydrogens (tertiary/aromatic N) is 1. The van der Waals surface area contributed by atoms with Crippen molar-refractivity contribution < 1.29 is 4.74 Å². The molecule has 5 nitrogen and oxygen atoms in total. The number of nitrogens with one attached hydrogen (secondary N) is 1. The molecule has 0 radical (unpaired) electrons. The van der Waals surface area contributed by atoms with E-state index in [-0.39, 0.29) is 11.7 Å². The van der Waals surface area contributed by atoms with Crippen molar-refractivity contribution in [3.8, 4) is 0 Å². The van der Waals surface area contributed by atoms with E-state index in [4.69, 9.17) is 10.6 Å². The summed E-state index contributed by atoms with van der Waals surface area (Å²) in [5.41, 5.74) is 3.41. The summed E-state index contributed by atoms with van der Waals surface area (Å²) < 4.78 is 7.44. The van der Waals surface area contributed by atoms with Gasteiger partial charge in [-0.05, 0) is 48.9 Å². The van der Waals surface area contributed by atoms with Crippen LogP contribution < -0.4 is 16.8 Å². The van der Waals surface area contributed by atoms with Crippen LogP contribution in [0.25, 0.3) is 10.8 Å². The van der Waals surface area contributed by atoms with Gasteiger partial charge in [0.1, 0.15) is 0 Å². The first-order valence-electron chi connectivity index (χ1n) is 6.99. The first-order valence-corrected chi connectivity index (χ1v) is 6.99. The van der Waals surface area contributed by atoms with Crippen LogP contribution in [0.15, 0.2) is 35.3 Å². The van der Waals surface area contributed by atoms with Crippen molar-refractivity contribution in [1.29, 1.82) is 0 Å². The molecule has 0 bridgehead atoms. The first-order chi connectivity index (χ1) is 9.78. The third-order valence-corrected chi connectivity index (χ3v) is 3.82. The Morgan fingerprint density at radius 3 is 3.00 bits per heavy atom. The molecular weight excluding hydrogens is 254 g/mol. The molecule has 0 amide bonds. The van der Waals surface area contributed by atoms with Crippen molar-refractivity contribution in [1.82, 2.24) is 4.57 Å². The number of rotatable bonds is 3. The van der Waals surface area contributed by atoms with Crippen LogP contribution in [0.5, 0.6) is 0 Å². The Balaban J connectivity index is 1.92. The molecule has 1 atom stereocenters. The average molecular weight is 273 g/mol. The zero-order chi connectivity index (χ0) is 13.9. The molecule has 3 N–H and O–H groups in total. The van der Waals surface area contributed by atoms with Crippen LogP contribution in [-0.4, -0.2) is 17.3 Å². The van der Waals surface area contributed by atoms with E-state index in [1.165, 1.54) is 6.42 Å². The Hall–Kier alpha value is -1.85. The van der Waals surface area contributed by atoms with Crippen LogP contribution in [0.3, 0.4) is 0 Å². The fraction of sp³-hybridized carbons (Fsp3) is 0.400. The second kappa shape index (κ2) is 5.64. The maximum atomic E-state index is 12.5. The molecule has 2 aromatic rings. The maximum absolute atomic E-state index is 12.5. The van der Waals surface area contributed by atoms with Gasteiger partial charge < -0.3 is 14.7 Å². The van der Waals surface area contributed by atoms with Crippen LogP contribution in [0, 0.1) is 0 Å². The van der Waals surface area contributed by atoms with Crippen LogP contribution in [0.1, 0.15) is 19.3 Å². The van der Waals surface area contributed by atoms with Gasteiger partial charge in [-0.25, -0.2) is 0 Å². The highest BCUT2D eigenvalue weighted by Gasteiger charge is 2.15. The number of hydrogen-bond donors (Lipinski definition) is 2. The van der Waals surface area contributed by atoms with E-state index in [1.807, 2.05) is 30.5 Å². The fourth-order valence-electron chi connectivity index (χ4n) is 2.69. The monoisotopic (exact) mass is 273 g/mol. The third kappa shape index (κ3) is 2.55. The van der Waals surface area contributed by atoms with E-state index < -0.39 is 0 Å². The lowest BCUT2D eigenvalue weighted by molar-refractivity contribution is 0.00551. The van der Waals surface area contributed by atoms with E-state index in [1.54, 1.807) is 4.57 Å². The lowest BCUT2D eigenvalue weighted by Gasteiger charge is -2.23. The fourth-order valence-corrected chi connectivity index (χ4v) is 2.69. The van der Waals surface area contributed by atoms with E-state index in [9.17, 15) is 4.79 Å². The number of ether oxygens (including phenoxy) is 1. The number of hydrazine groups is 1. The minimum atomic E-state index is 0.0280. The highest BCUT2D eigenvalue weighted by molar-refractivity contribution is 5.84. The van der Waals surface area contributed by atoms with E-state index in [0.29, 0.717) is 11.9 Å². The predicted molar refractivity (Wildman–Crippen MR) is 79.6 cm³/mol. The molecule has 5 heteroatoms. The van der Waals surface area contributed by atoms with Crippen LogP contribution in [0.2, 0.25) is 0 Å². The number of aromatic nitrogens is 1. The number of pyridine rings is 1. The molecule has 0 spiro atoms.